The number of rotatable bonds is 10. The van der Waals surface area contributed by atoms with Crippen LogP contribution in [0.3, 0.4) is 0 Å². The zero-order valence-electron chi connectivity index (χ0n) is 48.3. The Balaban J connectivity index is 0.000000174. The maximum absolute atomic E-state index is 12.5. The van der Waals surface area contributed by atoms with Crippen LogP contribution < -0.4 is 21.7 Å². The van der Waals surface area contributed by atoms with Crippen molar-refractivity contribution in [2.45, 2.75) is 50.5 Å². The summed E-state index contributed by atoms with van der Waals surface area (Å²) in [5, 5.41) is 57.3. The molecular formula is C53H39Br2F15N24OSi. The lowest BCUT2D eigenvalue weighted by molar-refractivity contribution is -0.138. The summed E-state index contributed by atoms with van der Waals surface area (Å²) in [6.45, 7) is 6.34. The fraction of sp³-hybridized carbons (Fsp3) is 0.151. The average molecular weight is 1500 g/mol. The van der Waals surface area contributed by atoms with Crippen LogP contribution in [0.5, 0.6) is 0 Å². The van der Waals surface area contributed by atoms with Gasteiger partial charge in [-0.25, -0.2) is 48.6 Å². The summed E-state index contributed by atoms with van der Waals surface area (Å²) in [5.74, 6) is 1.51. The maximum atomic E-state index is 12.5. The highest BCUT2D eigenvalue weighted by Crippen LogP contribution is 2.33. The van der Waals surface area contributed by atoms with Crippen LogP contribution in [-0.4, -0.2) is 114 Å². The Morgan fingerprint density at radius 3 is 1.10 bits per heavy atom. The van der Waals surface area contributed by atoms with E-state index in [1.54, 1.807) is 18.3 Å². The molecule has 0 aromatic carbocycles. The van der Waals surface area contributed by atoms with E-state index < -0.39 is 66.8 Å². The van der Waals surface area contributed by atoms with Gasteiger partial charge in [0.2, 0.25) is 0 Å². The third-order valence-electron chi connectivity index (χ3n) is 11.6. The van der Waals surface area contributed by atoms with Crippen LogP contribution in [0.25, 0.3) is 23.3 Å². The Labute approximate surface area is 545 Å². The second-order valence-electron chi connectivity index (χ2n) is 19.6. The third kappa shape index (κ3) is 21.1. The van der Waals surface area contributed by atoms with Gasteiger partial charge in [0.15, 0.2) is 40.7 Å². The molecule has 0 unspecified atom stereocenters. The summed E-state index contributed by atoms with van der Waals surface area (Å²) in [6, 6.07) is 19.1. The summed E-state index contributed by atoms with van der Waals surface area (Å²) in [5.41, 5.74) is 3.12. The first-order valence-corrected chi connectivity index (χ1v) is 31.1. The van der Waals surface area contributed by atoms with E-state index >= 15 is 0 Å². The first kappa shape index (κ1) is 72.5. The molecule has 5 N–H and O–H groups in total. The molecule has 0 atom stereocenters. The molecule has 25 nitrogen and oxygen atoms in total. The van der Waals surface area contributed by atoms with Gasteiger partial charge in [-0.1, -0.05) is 45.7 Å². The SMILES string of the molecule is C[Si](C)(C)c1cn(-c2ccc(C(F)(F)F)cn2)nn1.FC(F)(F)c1ccc(-n2cc(Br)nn2)nc1.FC(F)(F)c1ccc(Br)nc1.N#Cc1ccc(Nc2cn(-c3ccc(C(F)(F)F)cn3)nn2)cn1.N/C(=N\O)c1ccc(Nc2cn(-c3ccc(C(F)(F)F)cn3)nn2)cn1. The normalized spacial score (nSPS) is 11.9. The molecule has 0 saturated carbocycles. The van der Waals surface area contributed by atoms with Gasteiger partial charge in [0.05, 0.1) is 81.7 Å². The van der Waals surface area contributed by atoms with Crippen LogP contribution in [0.2, 0.25) is 19.6 Å². The topological polar surface area (TPSA) is 320 Å². The molecule has 0 fully saturated rings. The maximum Gasteiger partial charge on any atom is 0.417 e. The number of alkyl halides is 15. The molecule has 96 heavy (non-hydrogen) atoms. The first-order chi connectivity index (χ1) is 45.0. The Morgan fingerprint density at radius 1 is 0.448 bits per heavy atom. The molecule has 11 aromatic rings. The fourth-order valence-electron chi connectivity index (χ4n) is 6.74. The van der Waals surface area contributed by atoms with Crippen LogP contribution in [0, 0.1) is 11.3 Å². The van der Waals surface area contributed by atoms with Crippen LogP contribution in [0.1, 0.15) is 39.2 Å². The highest BCUT2D eigenvalue weighted by molar-refractivity contribution is 9.10. The Morgan fingerprint density at radius 2 is 0.812 bits per heavy atom. The number of pyridine rings is 7. The standard InChI is InChI=1S/C14H11F3N8O.C14H8F3N7.C11H13F3N4Si.C8H4BrF3N4.C6H3BrF3N/c15-14(16,17)8-1-4-12(20-5-8)25-7-11(22-24-25)21-9-2-3-10(19-6-9)13(18)23-26;15-14(16,17)9-1-4-13(20-6-9)24-8-12(22-23-24)21-11-3-2-10(5-18)19-7-11;1-19(2,3)10-7-18(17-16-10)9-5-4-8(6-15-9)11(12,13)14;9-6-4-16(15-14-6)7-2-1-5(3-13-7)8(10,11)12;7-5-2-1-4(3-11-5)6(8,9)10/h1-7,21,26H,(H2,18,23);1-4,6-8,21H;4-7H,1-3H3;1-4H;1-3H. The smallest absolute Gasteiger partial charge is 0.409 e. The lowest BCUT2D eigenvalue weighted by Gasteiger charge is -2.09. The van der Waals surface area contributed by atoms with Gasteiger partial charge in [0, 0.05) is 31.0 Å². The van der Waals surface area contributed by atoms with Gasteiger partial charge >= 0.3 is 30.9 Å². The molecule has 0 saturated heterocycles. The zero-order chi connectivity index (χ0) is 70.4. The molecule has 0 aliphatic carbocycles. The highest BCUT2D eigenvalue weighted by atomic mass is 79.9. The van der Waals surface area contributed by atoms with Gasteiger partial charge < -0.3 is 21.6 Å². The predicted molar refractivity (Wildman–Crippen MR) is 317 cm³/mol. The summed E-state index contributed by atoms with van der Waals surface area (Å²) in [4.78, 5) is 26.2. The number of hydrogen-bond donors (Lipinski definition) is 4. The monoisotopic (exact) mass is 1500 g/mol. The molecule has 0 bridgehead atoms. The molecule has 0 aliphatic heterocycles. The van der Waals surface area contributed by atoms with Crippen molar-refractivity contribution < 1.29 is 71.1 Å². The average Bonchev–Trinajstić information content (AvgIpc) is 1.46. The molecule has 0 spiro atoms. The summed E-state index contributed by atoms with van der Waals surface area (Å²) in [6.07, 6.45) is -9.14. The van der Waals surface area contributed by atoms with Crippen LogP contribution in [-0.2, 0) is 30.9 Å². The number of amidine groups is 1. The van der Waals surface area contributed by atoms with Gasteiger partial charge in [-0.05, 0) is 117 Å². The molecular weight excluding hydrogens is 1460 g/mol. The summed E-state index contributed by atoms with van der Waals surface area (Å²) < 4.78 is 191. The summed E-state index contributed by atoms with van der Waals surface area (Å²) >= 11 is 6.01. The number of oxime groups is 1. The number of anilines is 4. The number of aromatic nitrogens is 19. The molecule has 0 aliphatic rings. The van der Waals surface area contributed by atoms with Crippen LogP contribution in [0.15, 0.2) is 167 Å². The molecule has 11 heterocycles. The Hall–Kier alpha value is -10.9. The minimum Gasteiger partial charge on any atom is -0.409 e. The van der Waals surface area contributed by atoms with Gasteiger partial charge in [-0.3, -0.25) is 4.98 Å². The van der Waals surface area contributed by atoms with Crippen molar-refractivity contribution in [1.29, 1.82) is 5.26 Å². The van der Waals surface area contributed by atoms with E-state index in [0.29, 0.717) is 38.0 Å². The largest absolute Gasteiger partial charge is 0.417 e. The van der Waals surface area contributed by atoms with Crippen molar-refractivity contribution in [3.63, 3.8) is 0 Å². The molecule has 0 radical (unpaired) electrons. The Kier molecular flexibility index (Phi) is 23.0. The number of nitrogens with two attached hydrogens (primary N) is 1. The van der Waals surface area contributed by atoms with Crippen molar-refractivity contribution in [2.75, 3.05) is 10.6 Å². The van der Waals surface area contributed by atoms with E-state index in [1.807, 2.05) is 6.07 Å². The lowest BCUT2D eigenvalue weighted by atomic mass is 10.3. The van der Waals surface area contributed by atoms with E-state index in [-0.39, 0.29) is 34.7 Å². The number of halogens is 17. The molecule has 500 valence electrons. The highest BCUT2D eigenvalue weighted by Gasteiger charge is 2.34. The van der Waals surface area contributed by atoms with E-state index in [2.05, 4.69) is 143 Å². The van der Waals surface area contributed by atoms with Crippen molar-refractivity contribution in [3.05, 3.63) is 202 Å². The van der Waals surface area contributed by atoms with Crippen LogP contribution >= 0.6 is 31.9 Å². The van der Waals surface area contributed by atoms with E-state index in [9.17, 15) is 65.9 Å². The van der Waals surface area contributed by atoms with Gasteiger partial charge in [0.25, 0.3) is 0 Å². The van der Waals surface area contributed by atoms with Crippen molar-refractivity contribution in [3.8, 4) is 29.3 Å². The zero-order valence-corrected chi connectivity index (χ0v) is 52.4. The number of nitriles is 1. The quantitative estimate of drug-likeness (QED) is 0.0188. The molecule has 11 rings (SSSR count). The number of nitrogens with zero attached hydrogens (tertiary/aromatic N) is 21. The van der Waals surface area contributed by atoms with Crippen LogP contribution in [0.4, 0.5) is 88.9 Å². The molecule has 11 aromatic heterocycles. The minimum atomic E-state index is -4.45. The van der Waals surface area contributed by atoms with Gasteiger partial charge in [-0.2, -0.15) is 71.1 Å². The number of nitrogens with one attached hydrogen (secondary N) is 2. The van der Waals surface area contributed by atoms with Crippen molar-refractivity contribution in [2.24, 2.45) is 10.9 Å². The van der Waals surface area contributed by atoms with E-state index in [0.717, 1.165) is 66.6 Å². The predicted octanol–water partition coefficient (Wildman–Crippen LogP) is 12.1. The van der Waals surface area contributed by atoms with Gasteiger partial charge in [0.1, 0.15) is 34.7 Å². The Bertz CT molecular complexity index is 4360. The molecule has 0 amide bonds. The second kappa shape index (κ2) is 30.4. The number of hydrogen-bond acceptors (Lipinski definition) is 20. The van der Waals surface area contributed by atoms with Crippen molar-refractivity contribution in [1.82, 2.24) is 94.9 Å². The van der Waals surface area contributed by atoms with Gasteiger partial charge in [-0.15, -0.1) is 20.4 Å². The van der Waals surface area contributed by atoms with E-state index in [4.69, 9.17) is 16.2 Å². The minimum absolute atomic E-state index is 0.129. The lowest BCUT2D eigenvalue weighted by Crippen LogP contribution is -2.38. The summed E-state index contributed by atoms with van der Waals surface area (Å²) in [7, 11) is -1.59. The van der Waals surface area contributed by atoms with E-state index in [1.165, 1.54) is 92.2 Å². The fourth-order valence-corrected chi connectivity index (χ4v) is 8.10. The first-order valence-electron chi connectivity index (χ1n) is 26.0. The second-order valence-corrected chi connectivity index (χ2v) is 26.2. The van der Waals surface area contributed by atoms with Crippen molar-refractivity contribution >= 4 is 74.1 Å². The molecule has 43 heteroatoms. The third-order valence-corrected chi connectivity index (χ3v) is 14.2.